The monoisotopic (exact) mass is 339 g/mol. The van der Waals surface area contributed by atoms with Crippen LogP contribution < -0.4 is 4.74 Å². The van der Waals surface area contributed by atoms with Crippen LogP contribution >= 0.6 is 0 Å². The number of amides is 1. The second-order valence-electron chi connectivity index (χ2n) is 5.54. The molecular weight excluding hydrogens is 321 g/mol. The third-order valence-electron chi connectivity index (χ3n) is 3.71. The lowest BCUT2D eigenvalue weighted by molar-refractivity contribution is 0.0774. The van der Waals surface area contributed by atoms with Gasteiger partial charge in [0.05, 0.1) is 24.0 Å². The van der Waals surface area contributed by atoms with Crippen molar-refractivity contribution in [3.63, 3.8) is 0 Å². The standard InChI is InChI=1S/C19H18FN3O2/c1-22(11-12-25-18-9-7-16(20)8-10-18)19(24)15-13-21-23(14-15)17-5-3-2-4-6-17/h2-10,13-14H,11-12H2,1H3. The van der Waals surface area contributed by atoms with Crippen molar-refractivity contribution in [2.45, 2.75) is 0 Å². The van der Waals surface area contributed by atoms with E-state index in [1.165, 1.54) is 12.1 Å². The Kier molecular flexibility index (Phi) is 5.09. The first-order valence-corrected chi connectivity index (χ1v) is 7.87. The molecule has 6 heteroatoms. The molecule has 0 radical (unpaired) electrons. The van der Waals surface area contributed by atoms with E-state index < -0.39 is 0 Å². The number of carbonyl (C=O) groups excluding carboxylic acids is 1. The van der Waals surface area contributed by atoms with Gasteiger partial charge in [-0.2, -0.15) is 5.10 Å². The quantitative estimate of drug-likeness (QED) is 0.693. The summed E-state index contributed by atoms with van der Waals surface area (Å²) >= 11 is 0. The largest absolute Gasteiger partial charge is 0.492 e. The lowest BCUT2D eigenvalue weighted by Gasteiger charge is -2.16. The van der Waals surface area contributed by atoms with Gasteiger partial charge >= 0.3 is 0 Å². The molecule has 1 amide bonds. The Balaban J connectivity index is 1.55. The Morgan fingerprint density at radius 1 is 1.16 bits per heavy atom. The maximum absolute atomic E-state index is 12.8. The van der Waals surface area contributed by atoms with Crippen LogP contribution in [-0.2, 0) is 0 Å². The molecule has 0 unspecified atom stereocenters. The van der Waals surface area contributed by atoms with Gasteiger partial charge in [0.1, 0.15) is 18.2 Å². The topological polar surface area (TPSA) is 47.4 Å². The molecule has 3 aromatic rings. The van der Waals surface area contributed by atoms with E-state index in [-0.39, 0.29) is 11.7 Å². The third-order valence-corrected chi connectivity index (χ3v) is 3.71. The van der Waals surface area contributed by atoms with Gasteiger partial charge in [-0.25, -0.2) is 9.07 Å². The summed E-state index contributed by atoms with van der Waals surface area (Å²) in [7, 11) is 1.70. The SMILES string of the molecule is CN(CCOc1ccc(F)cc1)C(=O)c1cnn(-c2ccccc2)c1. The number of hydrogen-bond donors (Lipinski definition) is 0. The van der Waals surface area contributed by atoms with Crippen LogP contribution in [0.25, 0.3) is 5.69 Å². The molecule has 0 fully saturated rings. The van der Waals surface area contributed by atoms with Crippen molar-refractivity contribution < 1.29 is 13.9 Å². The molecule has 3 rings (SSSR count). The van der Waals surface area contributed by atoms with Gasteiger partial charge in [-0.3, -0.25) is 4.79 Å². The highest BCUT2D eigenvalue weighted by Gasteiger charge is 2.14. The Hall–Kier alpha value is -3.15. The maximum atomic E-state index is 12.8. The Morgan fingerprint density at radius 2 is 1.88 bits per heavy atom. The number of ether oxygens (including phenoxy) is 1. The summed E-state index contributed by atoms with van der Waals surface area (Å²) < 4.78 is 20.0. The second kappa shape index (κ2) is 7.61. The average Bonchev–Trinajstić information content (AvgIpc) is 3.13. The Morgan fingerprint density at radius 3 is 2.60 bits per heavy atom. The van der Waals surface area contributed by atoms with Gasteiger partial charge in [0.2, 0.25) is 0 Å². The van der Waals surface area contributed by atoms with Crippen molar-refractivity contribution in [1.82, 2.24) is 14.7 Å². The fourth-order valence-corrected chi connectivity index (χ4v) is 2.31. The maximum Gasteiger partial charge on any atom is 0.256 e. The van der Waals surface area contributed by atoms with E-state index in [2.05, 4.69) is 5.10 Å². The smallest absolute Gasteiger partial charge is 0.256 e. The number of likely N-dealkylation sites (N-methyl/N-ethyl adjacent to an activating group) is 1. The van der Waals surface area contributed by atoms with Crippen LogP contribution in [0.3, 0.4) is 0 Å². The zero-order valence-electron chi connectivity index (χ0n) is 13.8. The van der Waals surface area contributed by atoms with Gasteiger partial charge in [0.15, 0.2) is 0 Å². The van der Waals surface area contributed by atoms with E-state index in [0.717, 1.165) is 5.69 Å². The molecule has 0 bridgehead atoms. The van der Waals surface area contributed by atoms with Gasteiger partial charge < -0.3 is 9.64 Å². The number of para-hydroxylation sites is 1. The molecule has 128 valence electrons. The molecule has 0 saturated heterocycles. The number of aromatic nitrogens is 2. The Bertz CT molecular complexity index is 831. The minimum Gasteiger partial charge on any atom is -0.492 e. The lowest BCUT2D eigenvalue weighted by atomic mass is 10.3. The molecule has 0 aliphatic heterocycles. The summed E-state index contributed by atoms with van der Waals surface area (Å²) in [5, 5.41) is 4.23. The van der Waals surface area contributed by atoms with Crippen molar-refractivity contribution in [1.29, 1.82) is 0 Å². The van der Waals surface area contributed by atoms with E-state index in [1.807, 2.05) is 30.3 Å². The predicted octanol–water partition coefficient (Wildman–Crippen LogP) is 3.16. The number of rotatable bonds is 6. The van der Waals surface area contributed by atoms with Crippen molar-refractivity contribution in [2.75, 3.05) is 20.2 Å². The molecule has 0 aliphatic rings. The average molecular weight is 339 g/mol. The van der Waals surface area contributed by atoms with Crippen LogP contribution in [0.4, 0.5) is 4.39 Å². The first kappa shape index (κ1) is 16.7. The first-order chi connectivity index (χ1) is 12.1. The van der Waals surface area contributed by atoms with E-state index >= 15 is 0 Å². The zero-order chi connectivity index (χ0) is 17.6. The fraction of sp³-hybridized carbons (Fsp3) is 0.158. The van der Waals surface area contributed by atoms with E-state index in [4.69, 9.17) is 4.74 Å². The van der Waals surface area contributed by atoms with Crippen LogP contribution in [0.1, 0.15) is 10.4 Å². The van der Waals surface area contributed by atoms with E-state index in [1.54, 1.807) is 41.2 Å². The molecule has 0 saturated carbocycles. The van der Waals surface area contributed by atoms with Crippen LogP contribution in [0.2, 0.25) is 0 Å². The summed E-state index contributed by atoms with van der Waals surface area (Å²) in [6, 6.07) is 15.4. The van der Waals surface area contributed by atoms with Crippen molar-refractivity contribution in [3.05, 3.63) is 78.4 Å². The summed E-state index contributed by atoms with van der Waals surface area (Å²) in [6.07, 6.45) is 3.25. The number of halogens is 1. The number of nitrogens with zero attached hydrogens (tertiary/aromatic N) is 3. The molecule has 25 heavy (non-hydrogen) atoms. The summed E-state index contributed by atoms with van der Waals surface area (Å²) in [4.78, 5) is 14.0. The predicted molar refractivity (Wildman–Crippen MR) is 92.4 cm³/mol. The van der Waals surface area contributed by atoms with Gasteiger partial charge in [0.25, 0.3) is 5.91 Å². The highest BCUT2D eigenvalue weighted by Crippen LogP contribution is 2.12. The van der Waals surface area contributed by atoms with Crippen LogP contribution in [0.15, 0.2) is 67.0 Å². The number of benzene rings is 2. The highest BCUT2D eigenvalue weighted by atomic mass is 19.1. The third kappa shape index (κ3) is 4.23. The fourth-order valence-electron chi connectivity index (χ4n) is 2.31. The molecule has 0 N–H and O–H groups in total. The summed E-state index contributed by atoms with van der Waals surface area (Å²) in [5.41, 5.74) is 1.40. The van der Waals surface area contributed by atoms with Crippen LogP contribution in [0, 0.1) is 5.82 Å². The highest BCUT2D eigenvalue weighted by molar-refractivity contribution is 5.93. The molecule has 0 aliphatic carbocycles. The van der Waals surface area contributed by atoms with E-state index in [9.17, 15) is 9.18 Å². The minimum absolute atomic E-state index is 0.134. The molecule has 5 nitrogen and oxygen atoms in total. The number of hydrogen-bond acceptors (Lipinski definition) is 3. The van der Waals surface area contributed by atoms with Crippen LogP contribution in [0.5, 0.6) is 5.75 Å². The molecular formula is C19H18FN3O2. The van der Waals surface area contributed by atoms with Gasteiger partial charge in [-0.05, 0) is 36.4 Å². The van der Waals surface area contributed by atoms with Crippen molar-refractivity contribution >= 4 is 5.91 Å². The normalized spacial score (nSPS) is 10.5. The molecule has 1 aromatic heterocycles. The molecule has 1 heterocycles. The van der Waals surface area contributed by atoms with Crippen LogP contribution in [-0.4, -0.2) is 40.8 Å². The van der Waals surface area contributed by atoms with E-state index in [0.29, 0.717) is 24.5 Å². The van der Waals surface area contributed by atoms with Gasteiger partial charge in [-0.15, -0.1) is 0 Å². The molecule has 0 spiro atoms. The van der Waals surface area contributed by atoms with Crippen molar-refractivity contribution in [2.24, 2.45) is 0 Å². The molecule has 0 atom stereocenters. The lowest BCUT2D eigenvalue weighted by Crippen LogP contribution is -2.30. The Labute approximate surface area is 145 Å². The summed E-state index contributed by atoms with van der Waals surface area (Å²) in [5.74, 6) is 0.124. The van der Waals surface area contributed by atoms with Gasteiger partial charge in [-0.1, -0.05) is 18.2 Å². The zero-order valence-corrected chi connectivity index (χ0v) is 13.8. The number of carbonyl (C=O) groups is 1. The van der Waals surface area contributed by atoms with Gasteiger partial charge in [0, 0.05) is 13.2 Å². The summed E-state index contributed by atoms with van der Waals surface area (Å²) in [6.45, 7) is 0.730. The second-order valence-corrected chi connectivity index (χ2v) is 5.54. The minimum atomic E-state index is -0.310. The first-order valence-electron chi connectivity index (χ1n) is 7.87. The van der Waals surface area contributed by atoms with Crippen molar-refractivity contribution in [3.8, 4) is 11.4 Å². The molecule has 2 aromatic carbocycles.